The van der Waals surface area contributed by atoms with Gasteiger partial charge in [-0.25, -0.2) is 0 Å². The zero-order valence-electron chi connectivity index (χ0n) is 8.92. The summed E-state index contributed by atoms with van der Waals surface area (Å²) in [5, 5.41) is 8.84. The van der Waals surface area contributed by atoms with Crippen LogP contribution in [0, 0.1) is 0 Å². The van der Waals surface area contributed by atoms with Crippen molar-refractivity contribution in [2.45, 2.75) is 37.0 Å². The van der Waals surface area contributed by atoms with Crippen molar-refractivity contribution in [3.05, 3.63) is 0 Å². The summed E-state index contributed by atoms with van der Waals surface area (Å²) < 4.78 is 36.4. The van der Waals surface area contributed by atoms with Crippen LogP contribution in [0.3, 0.4) is 0 Å². The molecular formula is C9H15F3N2O2. The summed E-state index contributed by atoms with van der Waals surface area (Å²) >= 11 is 0. The maximum absolute atomic E-state index is 12.1. The van der Waals surface area contributed by atoms with Crippen LogP contribution in [-0.2, 0) is 4.79 Å². The molecule has 0 aromatic rings. The van der Waals surface area contributed by atoms with Crippen molar-refractivity contribution >= 4 is 5.97 Å². The van der Waals surface area contributed by atoms with Crippen LogP contribution in [0.1, 0.15) is 19.3 Å². The Hall–Kier alpha value is -0.820. The van der Waals surface area contributed by atoms with E-state index in [1.807, 2.05) is 0 Å². The lowest BCUT2D eigenvalue weighted by molar-refractivity contribution is -0.148. The number of carbonyl (C=O) groups is 1. The molecule has 0 amide bonds. The van der Waals surface area contributed by atoms with E-state index in [1.54, 1.807) is 0 Å². The number of nitrogens with zero attached hydrogens (tertiary/aromatic N) is 1. The standard InChI is InChI=1S/C9H15F3N2O2/c1-14(5-9(10,11)12)6-2-3-8(13,4-6)7(15)16/h6H,2-5,13H2,1H3,(H,15,16). The Morgan fingerprint density at radius 3 is 2.56 bits per heavy atom. The van der Waals surface area contributed by atoms with Gasteiger partial charge in [-0.3, -0.25) is 9.69 Å². The number of aliphatic carboxylic acids is 1. The fraction of sp³-hybridized carbons (Fsp3) is 0.889. The van der Waals surface area contributed by atoms with Crippen molar-refractivity contribution < 1.29 is 23.1 Å². The smallest absolute Gasteiger partial charge is 0.401 e. The highest BCUT2D eigenvalue weighted by atomic mass is 19.4. The second kappa shape index (κ2) is 4.21. The van der Waals surface area contributed by atoms with Crippen molar-refractivity contribution in [3.63, 3.8) is 0 Å². The molecule has 1 aliphatic rings. The lowest BCUT2D eigenvalue weighted by Gasteiger charge is -2.26. The third-order valence-electron chi connectivity index (χ3n) is 3.00. The molecule has 0 aromatic heterocycles. The highest BCUT2D eigenvalue weighted by molar-refractivity contribution is 5.79. The number of hydrogen-bond donors (Lipinski definition) is 2. The molecule has 2 atom stereocenters. The second-order valence-corrected chi connectivity index (χ2v) is 4.39. The zero-order valence-corrected chi connectivity index (χ0v) is 8.92. The van der Waals surface area contributed by atoms with Crippen LogP contribution in [0.2, 0.25) is 0 Å². The Morgan fingerprint density at radius 1 is 1.62 bits per heavy atom. The molecule has 4 nitrogen and oxygen atoms in total. The first-order valence-electron chi connectivity index (χ1n) is 4.93. The third kappa shape index (κ3) is 3.08. The number of rotatable bonds is 3. The Kier molecular flexibility index (Phi) is 3.49. The molecule has 0 aromatic carbocycles. The molecule has 94 valence electrons. The maximum atomic E-state index is 12.1. The number of hydrogen-bond acceptors (Lipinski definition) is 3. The van der Waals surface area contributed by atoms with Gasteiger partial charge in [0.1, 0.15) is 5.54 Å². The third-order valence-corrected chi connectivity index (χ3v) is 3.00. The first-order valence-corrected chi connectivity index (χ1v) is 4.93. The van der Waals surface area contributed by atoms with E-state index in [1.165, 1.54) is 7.05 Å². The average molecular weight is 240 g/mol. The monoisotopic (exact) mass is 240 g/mol. The number of halogens is 3. The molecule has 0 heterocycles. The zero-order chi connectivity index (χ0) is 12.6. The van der Waals surface area contributed by atoms with Crippen molar-refractivity contribution in [2.75, 3.05) is 13.6 Å². The van der Waals surface area contributed by atoms with Gasteiger partial charge in [-0.2, -0.15) is 13.2 Å². The molecule has 0 spiro atoms. The van der Waals surface area contributed by atoms with Crippen LogP contribution in [0.5, 0.6) is 0 Å². The Bertz CT molecular complexity index is 282. The van der Waals surface area contributed by atoms with Crippen LogP contribution in [0.15, 0.2) is 0 Å². The summed E-state index contributed by atoms with van der Waals surface area (Å²) in [5.74, 6) is -1.14. The van der Waals surface area contributed by atoms with Crippen LogP contribution in [-0.4, -0.2) is 47.3 Å². The van der Waals surface area contributed by atoms with Crippen molar-refractivity contribution in [1.29, 1.82) is 0 Å². The minimum absolute atomic E-state index is 0.0644. The summed E-state index contributed by atoms with van der Waals surface area (Å²) in [6.07, 6.45) is -3.60. The molecule has 2 unspecified atom stereocenters. The number of carboxylic acid groups (broad SMARTS) is 1. The number of nitrogens with two attached hydrogens (primary N) is 1. The lowest BCUT2D eigenvalue weighted by atomic mass is 9.99. The SMILES string of the molecule is CN(CC(F)(F)F)C1CCC(N)(C(=O)O)C1. The summed E-state index contributed by atoms with van der Waals surface area (Å²) in [4.78, 5) is 11.9. The maximum Gasteiger partial charge on any atom is 0.401 e. The molecule has 0 bridgehead atoms. The summed E-state index contributed by atoms with van der Waals surface area (Å²) in [6.45, 7) is -1.03. The van der Waals surface area contributed by atoms with Crippen molar-refractivity contribution in [3.8, 4) is 0 Å². The van der Waals surface area contributed by atoms with Crippen LogP contribution >= 0.6 is 0 Å². The number of carboxylic acids is 1. The van der Waals surface area contributed by atoms with Crippen molar-refractivity contribution in [1.82, 2.24) is 4.90 Å². The normalized spacial score (nSPS) is 31.0. The van der Waals surface area contributed by atoms with Gasteiger partial charge < -0.3 is 10.8 Å². The van der Waals surface area contributed by atoms with Gasteiger partial charge in [-0.05, 0) is 26.3 Å². The summed E-state index contributed by atoms with van der Waals surface area (Å²) in [6, 6.07) is -0.414. The van der Waals surface area contributed by atoms with E-state index in [0.29, 0.717) is 6.42 Å². The van der Waals surface area contributed by atoms with Crippen LogP contribution < -0.4 is 5.73 Å². The first-order chi connectivity index (χ1) is 7.14. The fourth-order valence-electron chi connectivity index (χ4n) is 2.03. The molecule has 1 rings (SSSR count). The van der Waals surface area contributed by atoms with Gasteiger partial charge in [0, 0.05) is 6.04 Å². The van der Waals surface area contributed by atoms with Gasteiger partial charge in [-0.1, -0.05) is 0 Å². The van der Waals surface area contributed by atoms with Gasteiger partial charge in [-0.15, -0.1) is 0 Å². The fourth-order valence-corrected chi connectivity index (χ4v) is 2.03. The predicted molar refractivity (Wildman–Crippen MR) is 50.9 cm³/mol. The number of alkyl halides is 3. The molecular weight excluding hydrogens is 225 g/mol. The molecule has 3 N–H and O–H groups in total. The Balaban J connectivity index is 2.56. The minimum atomic E-state index is -4.27. The average Bonchev–Trinajstić information content (AvgIpc) is 2.46. The van der Waals surface area contributed by atoms with E-state index >= 15 is 0 Å². The van der Waals surface area contributed by atoms with Gasteiger partial charge in [0.05, 0.1) is 6.54 Å². The van der Waals surface area contributed by atoms with Gasteiger partial charge in [0.15, 0.2) is 0 Å². The molecule has 0 radical (unpaired) electrons. The van der Waals surface area contributed by atoms with E-state index in [2.05, 4.69) is 0 Å². The topological polar surface area (TPSA) is 66.6 Å². The highest BCUT2D eigenvalue weighted by Gasteiger charge is 2.44. The second-order valence-electron chi connectivity index (χ2n) is 4.39. The van der Waals surface area contributed by atoms with Gasteiger partial charge in [0.2, 0.25) is 0 Å². The molecule has 0 saturated heterocycles. The Labute approximate surface area is 91.2 Å². The first kappa shape index (κ1) is 13.2. The molecule has 1 saturated carbocycles. The van der Waals surface area contributed by atoms with E-state index in [4.69, 9.17) is 10.8 Å². The van der Waals surface area contributed by atoms with Crippen molar-refractivity contribution in [2.24, 2.45) is 5.73 Å². The van der Waals surface area contributed by atoms with E-state index < -0.39 is 30.3 Å². The van der Waals surface area contributed by atoms with Gasteiger partial charge in [0.25, 0.3) is 0 Å². The predicted octanol–water partition coefficient (Wildman–Crippen LogP) is 0.815. The largest absolute Gasteiger partial charge is 0.480 e. The van der Waals surface area contributed by atoms with Crippen LogP contribution in [0.25, 0.3) is 0 Å². The van der Waals surface area contributed by atoms with Crippen LogP contribution in [0.4, 0.5) is 13.2 Å². The minimum Gasteiger partial charge on any atom is -0.480 e. The molecule has 0 aliphatic heterocycles. The van der Waals surface area contributed by atoms with E-state index in [0.717, 1.165) is 4.90 Å². The Morgan fingerprint density at radius 2 is 2.19 bits per heavy atom. The molecule has 16 heavy (non-hydrogen) atoms. The highest BCUT2D eigenvalue weighted by Crippen LogP contribution is 2.32. The molecule has 1 aliphatic carbocycles. The van der Waals surface area contributed by atoms with E-state index in [-0.39, 0.29) is 12.8 Å². The lowest BCUT2D eigenvalue weighted by Crippen LogP contribution is -2.47. The summed E-state index contributed by atoms with van der Waals surface area (Å²) in [5.41, 5.74) is 4.22. The quantitative estimate of drug-likeness (QED) is 0.766. The summed E-state index contributed by atoms with van der Waals surface area (Å²) in [7, 11) is 1.34. The van der Waals surface area contributed by atoms with E-state index in [9.17, 15) is 18.0 Å². The molecule has 7 heteroatoms. The molecule has 1 fully saturated rings. The van der Waals surface area contributed by atoms with Gasteiger partial charge >= 0.3 is 12.1 Å².